The van der Waals surface area contributed by atoms with E-state index in [2.05, 4.69) is 15.1 Å². The molecule has 0 amide bonds. The van der Waals surface area contributed by atoms with Crippen LogP contribution in [0.4, 0.5) is 0 Å². The van der Waals surface area contributed by atoms with Crippen LogP contribution in [0.2, 0.25) is 5.02 Å². The molecule has 1 aliphatic rings. The van der Waals surface area contributed by atoms with Crippen LogP contribution < -0.4 is 0 Å². The average molecular weight is 330 g/mol. The van der Waals surface area contributed by atoms with Gasteiger partial charge in [-0.1, -0.05) is 17.7 Å². The second-order valence-electron chi connectivity index (χ2n) is 5.01. The number of fused-ring (bicyclic) bond motifs is 5. The molecule has 0 aliphatic carbocycles. The number of rotatable bonds is 2. The van der Waals surface area contributed by atoms with Crippen LogP contribution in [0.5, 0.6) is 0 Å². The second kappa shape index (κ2) is 5.20. The van der Waals surface area contributed by atoms with E-state index in [4.69, 9.17) is 16.3 Å². The molecule has 2 aromatic heterocycles. The summed E-state index contributed by atoms with van der Waals surface area (Å²) in [5.41, 5.74) is 2.54. The number of esters is 1. The summed E-state index contributed by atoms with van der Waals surface area (Å²) in [7, 11) is 0. The molecule has 1 aliphatic heterocycles. The fourth-order valence-corrected chi connectivity index (χ4v) is 3.01. The molecule has 0 unspecified atom stereocenters. The number of hydrogen-bond donors (Lipinski definition) is 0. The minimum absolute atomic E-state index is 0.279. The van der Waals surface area contributed by atoms with Crippen LogP contribution in [0.25, 0.3) is 17.1 Å². The van der Waals surface area contributed by atoms with Crippen molar-refractivity contribution >= 4 is 17.6 Å². The van der Waals surface area contributed by atoms with Gasteiger partial charge in [0.05, 0.1) is 35.1 Å². The molecule has 1 aromatic carbocycles. The van der Waals surface area contributed by atoms with Gasteiger partial charge in [-0.3, -0.25) is 4.57 Å². The molecular formula is C15H12ClN5O2. The topological polar surface area (TPSA) is 74.8 Å². The SMILES string of the molecule is CCOC(=O)c1ncn2c1Cn1ncnc1-c1c(Cl)cccc1-2. The summed E-state index contributed by atoms with van der Waals surface area (Å²) in [5, 5.41) is 4.80. The van der Waals surface area contributed by atoms with Crippen molar-refractivity contribution in [1.29, 1.82) is 0 Å². The van der Waals surface area contributed by atoms with E-state index in [0.29, 0.717) is 29.7 Å². The molecule has 0 spiro atoms. The van der Waals surface area contributed by atoms with Crippen molar-refractivity contribution < 1.29 is 9.53 Å². The lowest BCUT2D eigenvalue weighted by Gasteiger charge is -2.09. The average Bonchev–Trinajstić information content (AvgIpc) is 3.13. The Bertz CT molecular complexity index is 914. The van der Waals surface area contributed by atoms with Crippen molar-refractivity contribution in [2.24, 2.45) is 0 Å². The van der Waals surface area contributed by atoms with Gasteiger partial charge in [-0.2, -0.15) is 5.10 Å². The van der Waals surface area contributed by atoms with Gasteiger partial charge in [0.25, 0.3) is 0 Å². The quantitative estimate of drug-likeness (QED) is 0.528. The van der Waals surface area contributed by atoms with Crippen LogP contribution in [0.3, 0.4) is 0 Å². The maximum Gasteiger partial charge on any atom is 0.358 e. The number of benzene rings is 1. The number of halogens is 1. The first-order valence-corrected chi connectivity index (χ1v) is 7.49. The predicted molar refractivity (Wildman–Crippen MR) is 82.6 cm³/mol. The summed E-state index contributed by atoms with van der Waals surface area (Å²) < 4.78 is 8.63. The first-order valence-electron chi connectivity index (χ1n) is 7.11. The molecule has 3 aromatic rings. The molecule has 3 heterocycles. The monoisotopic (exact) mass is 329 g/mol. The van der Waals surface area contributed by atoms with E-state index in [-0.39, 0.29) is 5.69 Å². The molecule has 0 fully saturated rings. The Labute approximate surface area is 136 Å². The third kappa shape index (κ3) is 2.04. The van der Waals surface area contributed by atoms with Gasteiger partial charge in [-0.15, -0.1) is 0 Å². The van der Waals surface area contributed by atoms with E-state index in [1.54, 1.807) is 24.0 Å². The highest BCUT2D eigenvalue weighted by atomic mass is 35.5. The summed E-state index contributed by atoms with van der Waals surface area (Å²) in [6.07, 6.45) is 3.07. The normalized spacial score (nSPS) is 12.1. The third-order valence-electron chi connectivity index (χ3n) is 3.73. The molecule has 8 heteroatoms. The van der Waals surface area contributed by atoms with Crippen LogP contribution in [0, 0.1) is 0 Å². The van der Waals surface area contributed by atoms with Crippen molar-refractivity contribution in [1.82, 2.24) is 24.3 Å². The lowest BCUT2D eigenvalue weighted by Crippen LogP contribution is -2.12. The zero-order valence-corrected chi connectivity index (χ0v) is 13.0. The van der Waals surface area contributed by atoms with E-state index < -0.39 is 5.97 Å². The molecule has 0 bridgehead atoms. The molecule has 7 nitrogen and oxygen atoms in total. The van der Waals surface area contributed by atoms with Crippen molar-refractivity contribution in [3.63, 3.8) is 0 Å². The summed E-state index contributed by atoms with van der Waals surface area (Å²) in [4.78, 5) is 20.7. The lowest BCUT2D eigenvalue weighted by atomic mass is 10.1. The Morgan fingerprint density at radius 3 is 3.09 bits per heavy atom. The van der Waals surface area contributed by atoms with Crippen molar-refractivity contribution in [2.45, 2.75) is 13.5 Å². The van der Waals surface area contributed by atoms with E-state index in [9.17, 15) is 4.79 Å². The van der Waals surface area contributed by atoms with Crippen molar-refractivity contribution in [3.8, 4) is 17.1 Å². The molecule has 0 N–H and O–H groups in total. The first-order chi connectivity index (χ1) is 11.2. The first kappa shape index (κ1) is 14.0. The number of hydrogen-bond acceptors (Lipinski definition) is 5. The number of carbonyl (C=O) groups is 1. The number of nitrogens with zero attached hydrogens (tertiary/aromatic N) is 5. The molecule has 0 radical (unpaired) electrons. The lowest BCUT2D eigenvalue weighted by molar-refractivity contribution is 0.0518. The number of imidazole rings is 1. The van der Waals surface area contributed by atoms with Crippen LogP contribution in [-0.4, -0.2) is 36.9 Å². The summed E-state index contributed by atoms with van der Waals surface area (Å²) in [6.45, 7) is 2.41. The molecule has 0 saturated carbocycles. The fourth-order valence-electron chi connectivity index (χ4n) is 2.75. The molecule has 0 saturated heterocycles. The minimum Gasteiger partial charge on any atom is -0.461 e. The second-order valence-corrected chi connectivity index (χ2v) is 5.41. The largest absolute Gasteiger partial charge is 0.461 e. The maximum atomic E-state index is 12.1. The van der Waals surface area contributed by atoms with Crippen LogP contribution >= 0.6 is 11.6 Å². The van der Waals surface area contributed by atoms with Gasteiger partial charge in [-0.25, -0.2) is 19.4 Å². The predicted octanol–water partition coefficient (Wildman–Crippen LogP) is 2.32. The van der Waals surface area contributed by atoms with Crippen LogP contribution in [-0.2, 0) is 11.3 Å². The third-order valence-corrected chi connectivity index (χ3v) is 4.04. The van der Waals surface area contributed by atoms with Gasteiger partial charge in [-0.05, 0) is 19.1 Å². The molecular weight excluding hydrogens is 318 g/mol. The zero-order chi connectivity index (χ0) is 16.0. The maximum absolute atomic E-state index is 12.1. The fraction of sp³-hybridized carbons (Fsp3) is 0.200. The Kier molecular flexibility index (Phi) is 3.16. The van der Waals surface area contributed by atoms with Crippen molar-refractivity contribution in [3.05, 3.63) is 47.3 Å². The van der Waals surface area contributed by atoms with Crippen LogP contribution in [0.15, 0.2) is 30.9 Å². The Balaban J connectivity index is 2.00. The van der Waals surface area contributed by atoms with Crippen molar-refractivity contribution in [2.75, 3.05) is 6.61 Å². The molecule has 4 rings (SSSR count). The van der Waals surface area contributed by atoms with Crippen LogP contribution in [0.1, 0.15) is 23.1 Å². The highest BCUT2D eigenvalue weighted by molar-refractivity contribution is 6.33. The van der Waals surface area contributed by atoms with E-state index >= 15 is 0 Å². The summed E-state index contributed by atoms with van der Waals surface area (Å²) >= 11 is 6.38. The van der Waals surface area contributed by atoms with E-state index in [1.165, 1.54) is 6.33 Å². The van der Waals surface area contributed by atoms with Gasteiger partial charge in [0.15, 0.2) is 11.5 Å². The van der Waals surface area contributed by atoms with Gasteiger partial charge < -0.3 is 4.74 Å². The van der Waals surface area contributed by atoms with Gasteiger partial charge >= 0.3 is 5.97 Å². The standard InChI is InChI=1S/C15H12ClN5O2/c1-2-23-15(22)13-11-6-21-14(17-7-19-21)12-9(16)4-3-5-10(12)20(11)8-18-13/h3-5,7-8H,2,6H2,1H3. The Morgan fingerprint density at radius 1 is 1.39 bits per heavy atom. The number of carbonyl (C=O) groups excluding carboxylic acids is 1. The van der Waals surface area contributed by atoms with E-state index in [1.807, 2.05) is 16.7 Å². The van der Waals surface area contributed by atoms with Gasteiger partial charge in [0, 0.05) is 0 Å². The Hall–Kier alpha value is -2.67. The van der Waals surface area contributed by atoms with Gasteiger partial charge in [0.2, 0.25) is 0 Å². The molecule has 0 atom stereocenters. The zero-order valence-electron chi connectivity index (χ0n) is 12.2. The number of ether oxygens (including phenoxy) is 1. The van der Waals surface area contributed by atoms with E-state index in [0.717, 1.165) is 11.3 Å². The summed E-state index contributed by atoms with van der Waals surface area (Å²) in [5.74, 6) is 0.206. The molecule has 23 heavy (non-hydrogen) atoms. The summed E-state index contributed by atoms with van der Waals surface area (Å²) in [6, 6.07) is 5.56. The highest BCUT2D eigenvalue weighted by Gasteiger charge is 2.27. The van der Waals surface area contributed by atoms with Gasteiger partial charge in [0.1, 0.15) is 12.7 Å². The minimum atomic E-state index is -0.451. The molecule has 116 valence electrons. The highest BCUT2D eigenvalue weighted by Crippen LogP contribution is 2.36. The number of aromatic nitrogens is 5. The smallest absolute Gasteiger partial charge is 0.358 e. The Morgan fingerprint density at radius 2 is 2.26 bits per heavy atom.